The summed E-state index contributed by atoms with van der Waals surface area (Å²) in [6, 6.07) is 2.64. The van der Waals surface area contributed by atoms with Crippen molar-refractivity contribution in [3.8, 4) is 11.5 Å². The summed E-state index contributed by atoms with van der Waals surface area (Å²) in [5.41, 5.74) is -0.130. The molecule has 0 saturated carbocycles. The van der Waals surface area contributed by atoms with Gasteiger partial charge in [-0.25, -0.2) is 4.39 Å². The molecule has 1 saturated heterocycles. The Kier molecular flexibility index (Phi) is 6.43. The van der Waals surface area contributed by atoms with Gasteiger partial charge in [0.15, 0.2) is 11.5 Å². The first-order chi connectivity index (χ1) is 11.5. The molecule has 0 aliphatic carbocycles. The molecule has 1 amide bonds. The van der Waals surface area contributed by atoms with Gasteiger partial charge in [0.2, 0.25) is 0 Å². The van der Waals surface area contributed by atoms with Crippen LogP contribution in [-0.2, 0) is 4.74 Å². The average molecular weight is 339 g/mol. The average Bonchev–Trinajstić information content (AvgIpc) is 2.59. The van der Waals surface area contributed by atoms with E-state index in [0.29, 0.717) is 18.2 Å². The Morgan fingerprint density at radius 1 is 1.38 bits per heavy atom. The molecule has 1 aromatic rings. The smallest absolute Gasteiger partial charge is 0.258 e. The predicted molar refractivity (Wildman–Crippen MR) is 89.1 cm³/mol. The Morgan fingerprint density at radius 3 is 2.75 bits per heavy atom. The van der Waals surface area contributed by atoms with Gasteiger partial charge in [-0.05, 0) is 30.9 Å². The first kappa shape index (κ1) is 18.5. The second-order valence-electron chi connectivity index (χ2n) is 6.35. The molecule has 0 spiro atoms. The van der Waals surface area contributed by atoms with Crippen LogP contribution >= 0.6 is 0 Å². The summed E-state index contributed by atoms with van der Waals surface area (Å²) in [5, 5.41) is 2.83. The summed E-state index contributed by atoms with van der Waals surface area (Å²) >= 11 is 0. The number of ether oxygens (including phenoxy) is 3. The van der Waals surface area contributed by atoms with Gasteiger partial charge in [0, 0.05) is 19.1 Å². The van der Waals surface area contributed by atoms with Crippen LogP contribution in [0.15, 0.2) is 12.1 Å². The van der Waals surface area contributed by atoms with Crippen LogP contribution in [0.25, 0.3) is 0 Å². The molecule has 2 rings (SSSR count). The number of nitrogens with one attached hydrogen (secondary N) is 1. The fraction of sp³-hybridized carbons (Fsp3) is 0.611. The highest BCUT2D eigenvalue weighted by Gasteiger charge is 2.30. The van der Waals surface area contributed by atoms with E-state index in [1.165, 1.54) is 26.4 Å². The second-order valence-corrected chi connectivity index (χ2v) is 6.35. The van der Waals surface area contributed by atoms with Crippen LogP contribution in [0.4, 0.5) is 4.39 Å². The molecule has 1 aliphatic heterocycles. The van der Waals surface area contributed by atoms with Crippen LogP contribution in [0.2, 0.25) is 0 Å². The van der Waals surface area contributed by atoms with Crippen molar-refractivity contribution in [3.63, 3.8) is 0 Å². The van der Waals surface area contributed by atoms with Crippen molar-refractivity contribution in [2.24, 2.45) is 11.8 Å². The van der Waals surface area contributed by atoms with Crippen LogP contribution in [0.1, 0.15) is 37.0 Å². The first-order valence-corrected chi connectivity index (χ1v) is 8.29. The molecule has 1 fully saturated rings. The van der Waals surface area contributed by atoms with Gasteiger partial charge < -0.3 is 19.5 Å². The lowest BCUT2D eigenvalue weighted by Gasteiger charge is -2.34. The third-order valence-corrected chi connectivity index (χ3v) is 4.40. The highest BCUT2D eigenvalue weighted by Crippen LogP contribution is 2.33. The number of benzene rings is 1. The number of methoxy groups -OCH3 is 2. The van der Waals surface area contributed by atoms with E-state index in [9.17, 15) is 9.18 Å². The lowest BCUT2D eigenvalue weighted by atomic mass is 9.87. The molecule has 5 nitrogen and oxygen atoms in total. The first-order valence-electron chi connectivity index (χ1n) is 8.29. The van der Waals surface area contributed by atoms with Gasteiger partial charge in [0.25, 0.3) is 5.91 Å². The van der Waals surface area contributed by atoms with Crippen molar-refractivity contribution >= 4 is 5.91 Å². The van der Waals surface area contributed by atoms with E-state index in [1.54, 1.807) is 0 Å². The van der Waals surface area contributed by atoms with E-state index >= 15 is 0 Å². The normalized spacial score (nSPS) is 20.8. The summed E-state index contributed by atoms with van der Waals surface area (Å²) in [6.07, 6.45) is 2.07. The zero-order valence-electron chi connectivity index (χ0n) is 14.7. The van der Waals surface area contributed by atoms with Gasteiger partial charge in [-0.3, -0.25) is 4.79 Å². The molecule has 24 heavy (non-hydrogen) atoms. The largest absolute Gasteiger partial charge is 0.493 e. The van der Waals surface area contributed by atoms with Crippen LogP contribution in [0.3, 0.4) is 0 Å². The summed E-state index contributed by atoms with van der Waals surface area (Å²) in [5.74, 6) is -0.111. The van der Waals surface area contributed by atoms with E-state index in [0.717, 1.165) is 19.4 Å². The fourth-order valence-electron chi connectivity index (χ4n) is 3.25. The Balaban J connectivity index is 2.12. The van der Waals surface area contributed by atoms with Crippen molar-refractivity contribution in [2.45, 2.75) is 32.8 Å². The van der Waals surface area contributed by atoms with E-state index < -0.39 is 11.7 Å². The minimum atomic E-state index is -0.634. The third kappa shape index (κ3) is 3.98. The molecule has 1 aromatic carbocycles. The Labute approximate surface area is 142 Å². The van der Waals surface area contributed by atoms with Crippen LogP contribution < -0.4 is 14.8 Å². The Bertz CT molecular complexity index is 576. The number of hydrogen-bond donors (Lipinski definition) is 1. The molecule has 2 atom stereocenters. The Morgan fingerprint density at radius 2 is 2.12 bits per heavy atom. The maximum Gasteiger partial charge on any atom is 0.258 e. The summed E-state index contributed by atoms with van der Waals surface area (Å²) in [7, 11) is 2.84. The SMILES string of the molecule is COc1ccc(F)c(C(=O)NC[C@@H]2CCCO[C@@H]2C(C)C)c1OC. The van der Waals surface area contributed by atoms with Gasteiger partial charge >= 0.3 is 0 Å². The van der Waals surface area contributed by atoms with Crippen molar-refractivity contribution in [2.75, 3.05) is 27.4 Å². The summed E-state index contributed by atoms with van der Waals surface area (Å²) in [6.45, 7) is 5.41. The maximum atomic E-state index is 14.2. The zero-order chi connectivity index (χ0) is 17.7. The molecule has 6 heteroatoms. The maximum absolute atomic E-state index is 14.2. The number of halogens is 1. The van der Waals surface area contributed by atoms with Crippen molar-refractivity contribution in [3.05, 3.63) is 23.5 Å². The molecule has 1 N–H and O–H groups in total. The number of amides is 1. The van der Waals surface area contributed by atoms with Crippen molar-refractivity contribution in [1.82, 2.24) is 5.32 Å². The van der Waals surface area contributed by atoms with Gasteiger partial charge in [-0.2, -0.15) is 0 Å². The van der Waals surface area contributed by atoms with Gasteiger partial charge in [-0.1, -0.05) is 13.8 Å². The minimum Gasteiger partial charge on any atom is -0.493 e. The number of carbonyl (C=O) groups excluding carboxylic acids is 1. The van der Waals surface area contributed by atoms with Crippen LogP contribution in [0, 0.1) is 17.7 Å². The minimum absolute atomic E-state index is 0.107. The van der Waals surface area contributed by atoms with Crippen molar-refractivity contribution < 1.29 is 23.4 Å². The molecule has 1 aliphatic rings. The van der Waals surface area contributed by atoms with E-state index in [-0.39, 0.29) is 23.3 Å². The quantitative estimate of drug-likeness (QED) is 0.865. The topological polar surface area (TPSA) is 56.8 Å². The number of carbonyl (C=O) groups is 1. The Hall–Kier alpha value is -1.82. The lowest BCUT2D eigenvalue weighted by molar-refractivity contribution is -0.0510. The fourth-order valence-corrected chi connectivity index (χ4v) is 3.25. The molecule has 0 bridgehead atoms. The highest BCUT2D eigenvalue weighted by molar-refractivity contribution is 5.98. The number of hydrogen-bond acceptors (Lipinski definition) is 4. The zero-order valence-corrected chi connectivity index (χ0v) is 14.7. The molecule has 1 heterocycles. The van der Waals surface area contributed by atoms with Crippen LogP contribution in [0.5, 0.6) is 11.5 Å². The predicted octanol–water partition coefficient (Wildman–Crippen LogP) is 3.02. The monoisotopic (exact) mass is 339 g/mol. The van der Waals surface area contributed by atoms with E-state index in [1.807, 2.05) is 0 Å². The van der Waals surface area contributed by atoms with E-state index in [4.69, 9.17) is 14.2 Å². The van der Waals surface area contributed by atoms with Crippen LogP contribution in [-0.4, -0.2) is 39.4 Å². The molecular formula is C18H26FNO4. The second kappa shape index (κ2) is 8.33. The molecule has 0 aromatic heterocycles. The molecule has 134 valence electrons. The lowest BCUT2D eigenvalue weighted by Crippen LogP contribution is -2.41. The van der Waals surface area contributed by atoms with Gasteiger partial charge in [0.05, 0.1) is 20.3 Å². The van der Waals surface area contributed by atoms with Crippen molar-refractivity contribution in [1.29, 1.82) is 0 Å². The van der Waals surface area contributed by atoms with Gasteiger partial charge in [-0.15, -0.1) is 0 Å². The molecule has 0 unspecified atom stereocenters. The van der Waals surface area contributed by atoms with Gasteiger partial charge in [0.1, 0.15) is 11.4 Å². The molecule has 0 radical (unpaired) electrons. The number of rotatable bonds is 6. The standard InChI is InChI=1S/C18H26FNO4/c1-11(2)16-12(6-5-9-24-16)10-20-18(21)15-13(19)7-8-14(22-3)17(15)23-4/h7-8,11-12,16H,5-6,9-10H2,1-4H3,(H,20,21)/t12-,16+/m0/s1. The highest BCUT2D eigenvalue weighted by atomic mass is 19.1. The summed E-state index contributed by atoms with van der Waals surface area (Å²) in [4.78, 5) is 12.5. The molecular weight excluding hydrogens is 313 g/mol. The summed E-state index contributed by atoms with van der Waals surface area (Å²) < 4.78 is 30.3. The third-order valence-electron chi connectivity index (χ3n) is 4.40. The van der Waals surface area contributed by atoms with E-state index in [2.05, 4.69) is 19.2 Å².